The maximum absolute atomic E-state index is 11.9. The second-order valence-corrected chi connectivity index (χ2v) is 6.20. The second-order valence-electron chi connectivity index (χ2n) is 5.18. The van der Waals surface area contributed by atoms with Gasteiger partial charge in [0, 0.05) is 19.5 Å². The Kier molecular flexibility index (Phi) is 6.29. The van der Waals surface area contributed by atoms with E-state index in [1.807, 2.05) is 34.9 Å². The Balaban J connectivity index is 2.97. The summed E-state index contributed by atoms with van der Waals surface area (Å²) >= 11 is 1.38. The van der Waals surface area contributed by atoms with Crippen molar-refractivity contribution in [2.75, 3.05) is 38.2 Å². The number of nitrogen functional groups attached to an aromatic ring is 1. The minimum Gasteiger partial charge on any atom is -0.486 e. The molecular formula is C14H25N3O2S. The van der Waals surface area contributed by atoms with E-state index in [0.29, 0.717) is 22.7 Å². The standard InChI is InChI=1S/C14H25N3O2S/c1-6-10(18)13-11(15)12(19-9(2)3)14(20-13)16-7-8-17(4)5/h9,16H,6-8,15H2,1-5H3. The van der Waals surface area contributed by atoms with Crippen molar-refractivity contribution in [1.82, 2.24) is 4.90 Å². The molecule has 1 aromatic heterocycles. The van der Waals surface area contributed by atoms with Crippen LogP contribution < -0.4 is 15.8 Å². The van der Waals surface area contributed by atoms with Gasteiger partial charge >= 0.3 is 0 Å². The Morgan fingerprint density at radius 2 is 2.10 bits per heavy atom. The zero-order valence-electron chi connectivity index (χ0n) is 12.9. The molecule has 3 N–H and O–H groups in total. The number of ketones is 1. The minimum atomic E-state index is 0.0193. The Labute approximate surface area is 125 Å². The fraction of sp³-hybridized carbons (Fsp3) is 0.643. The first-order valence-electron chi connectivity index (χ1n) is 6.87. The quantitative estimate of drug-likeness (QED) is 0.722. The van der Waals surface area contributed by atoms with Crippen molar-refractivity contribution in [1.29, 1.82) is 0 Å². The molecule has 5 nitrogen and oxygen atoms in total. The van der Waals surface area contributed by atoms with Gasteiger partial charge in [0.2, 0.25) is 0 Å². The molecule has 0 saturated carbocycles. The molecular weight excluding hydrogens is 274 g/mol. The van der Waals surface area contributed by atoms with Crippen molar-refractivity contribution in [2.45, 2.75) is 33.3 Å². The van der Waals surface area contributed by atoms with Crippen LogP contribution in [-0.4, -0.2) is 44.0 Å². The molecule has 0 aliphatic rings. The monoisotopic (exact) mass is 299 g/mol. The maximum Gasteiger partial charge on any atom is 0.177 e. The molecule has 1 rings (SSSR count). The van der Waals surface area contributed by atoms with E-state index in [4.69, 9.17) is 10.5 Å². The van der Waals surface area contributed by atoms with Gasteiger partial charge in [0.05, 0.1) is 16.7 Å². The number of likely N-dealkylation sites (N-methyl/N-ethyl adjacent to an activating group) is 1. The summed E-state index contributed by atoms with van der Waals surface area (Å²) in [6.07, 6.45) is 0.467. The summed E-state index contributed by atoms with van der Waals surface area (Å²) in [7, 11) is 4.03. The molecule has 0 unspecified atom stereocenters. The number of carbonyl (C=O) groups is 1. The van der Waals surface area contributed by atoms with E-state index in [2.05, 4.69) is 10.2 Å². The van der Waals surface area contributed by atoms with Crippen LogP contribution in [0.15, 0.2) is 0 Å². The highest BCUT2D eigenvalue weighted by Crippen LogP contribution is 2.43. The molecule has 0 fully saturated rings. The topological polar surface area (TPSA) is 67.6 Å². The third kappa shape index (κ3) is 4.38. The van der Waals surface area contributed by atoms with Crippen LogP contribution in [0.2, 0.25) is 0 Å². The highest BCUT2D eigenvalue weighted by Gasteiger charge is 2.21. The summed E-state index contributed by atoms with van der Waals surface area (Å²) in [6.45, 7) is 7.41. The Morgan fingerprint density at radius 3 is 2.60 bits per heavy atom. The molecule has 114 valence electrons. The lowest BCUT2D eigenvalue weighted by molar-refractivity contribution is 0.0992. The van der Waals surface area contributed by atoms with Gasteiger partial charge in [0.25, 0.3) is 0 Å². The van der Waals surface area contributed by atoms with Crippen LogP contribution >= 0.6 is 11.3 Å². The summed E-state index contributed by atoms with van der Waals surface area (Å²) in [5.74, 6) is 0.669. The lowest BCUT2D eigenvalue weighted by Crippen LogP contribution is -2.20. The van der Waals surface area contributed by atoms with Gasteiger partial charge in [-0.15, -0.1) is 11.3 Å². The van der Waals surface area contributed by atoms with Crippen LogP contribution in [0.5, 0.6) is 5.75 Å². The van der Waals surface area contributed by atoms with Gasteiger partial charge in [-0.05, 0) is 27.9 Å². The summed E-state index contributed by atoms with van der Waals surface area (Å²) in [4.78, 5) is 14.6. The summed E-state index contributed by atoms with van der Waals surface area (Å²) in [5.41, 5.74) is 6.54. The number of nitrogens with zero attached hydrogens (tertiary/aromatic N) is 1. The van der Waals surface area contributed by atoms with E-state index in [0.717, 1.165) is 18.1 Å². The number of rotatable bonds is 8. The number of hydrogen-bond acceptors (Lipinski definition) is 6. The Morgan fingerprint density at radius 1 is 1.45 bits per heavy atom. The average molecular weight is 299 g/mol. The second kappa shape index (κ2) is 7.50. The SMILES string of the molecule is CCC(=O)c1sc(NCCN(C)C)c(OC(C)C)c1N. The molecule has 0 aromatic carbocycles. The molecule has 0 atom stereocenters. The van der Waals surface area contributed by atoms with E-state index in [9.17, 15) is 4.79 Å². The van der Waals surface area contributed by atoms with Crippen molar-refractivity contribution >= 4 is 27.8 Å². The van der Waals surface area contributed by atoms with Crippen molar-refractivity contribution in [3.8, 4) is 5.75 Å². The van der Waals surface area contributed by atoms with Crippen LogP contribution in [0, 0.1) is 0 Å². The van der Waals surface area contributed by atoms with Crippen molar-refractivity contribution in [3.05, 3.63) is 4.88 Å². The Hall–Kier alpha value is -1.27. The van der Waals surface area contributed by atoms with Crippen LogP contribution in [0.25, 0.3) is 0 Å². The third-order valence-electron chi connectivity index (χ3n) is 2.67. The van der Waals surface area contributed by atoms with Crippen LogP contribution in [0.4, 0.5) is 10.7 Å². The number of hydrogen-bond donors (Lipinski definition) is 2. The van der Waals surface area contributed by atoms with E-state index >= 15 is 0 Å². The predicted molar refractivity (Wildman–Crippen MR) is 86.2 cm³/mol. The van der Waals surface area contributed by atoms with Crippen molar-refractivity contribution in [3.63, 3.8) is 0 Å². The van der Waals surface area contributed by atoms with Crippen LogP contribution in [0.1, 0.15) is 36.9 Å². The number of thiophene rings is 1. The number of ether oxygens (including phenoxy) is 1. The highest BCUT2D eigenvalue weighted by atomic mass is 32.1. The summed E-state index contributed by atoms with van der Waals surface area (Å²) < 4.78 is 5.77. The molecule has 0 bridgehead atoms. The first-order chi connectivity index (χ1) is 9.36. The molecule has 0 amide bonds. The van der Waals surface area contributed by atoms with Gasteiger partial charge in [0.15, 0.2) is 11.5 Å². The molecule has 0 aliphatic heterocycles. The van der Waals surface area contributed by atoms with Gasteiger partial charge in [0.1, 0.15) is 5.00 Å². The van der Waals surface area contributed by atoms with E-state index in [1.54, 1.807) is 0 Å². The largest absolute Gasteiger partial charge is 0.486 e. The number of nitrogens with two attached hydrogens (primary N) is 1. The zero-order valence-corrected chi connectivity index (χ0v) is 13.8. The van der Waals surface area contributed by atoms with Gasteiger partial charge in [-0.3, -0.25) is 4.79 Å². The van der Waals surface area contributed by atoms with Crippen molar-refractivity contribution < 1.29 is 9.53 Å². The van der Waals surface area contributed by atoms with Crippen molar-refractivity contribution in [2.24, 2.45) is 0 Å². The first kappa shape index (κ1) is 16.8. The number of nitrogens with one attached hydrogen (secondary N) is 1. The van der Waals surface area contributed by atoms with E-state index in [1.165, 1.54) is 11.3 Å². The van der Waals surface area contributed by atoms with Crippen LogP contribution in [-0.2, 0) is 0 Å². The molecule has 0 saturated heterocycles. The molecule has 0 radical (unpaired) electrons. The van der Waals surface area contributed by atoms with Gasteiger partial charge in [-0.2, -0.15) is 0 Å². The predicted octanol–water partition coefficient (Wildman–Crippen LogP) is 2.68. The Bertz CT molecular complexity index is 456. The smallest absolute Gasteiger partial charge is 0.177 e. The number of Topliss-reactive ketones (excluding diaryl/α,β-unsaturated/α-hetero) is 1. The fourth-order valence-electron chi connectivity index (χ4n) is 1.66. The maximum atomic E-state index is 11.9. The molecule has 1 aromatic rings. The molecule has 0 spiro atoms. The zero-order chi connectivity index (χ0) is 15.3. The third-order valence-corrected chi connectivity index (χ3v) is 3.86. The van der Waals surface area contributed by atoms with Gasteiger partial charge in [-0.25, -0.2) is 0 Å². The van der Waals surface area contributed by atoms with Gasteiger partial charge in [-0.1, -0.05) is 6.92 Å². The average Bonchev–Trinajstić information content (AvgIpc) is 2.66. The summed E-state index contributed by atoms with van der Waals surface area (Å²) in [6, 6.07) is 0. The van der Waals surface area contributed by atoms with E-state index in [-0.39, 0.29) is 11.9 Å². The lowest BCUT2D eigenvalue weighted by atomic mass is 10.2. The number of anilines is 2. The molecule has 0 aliphatic carbocycles. The molecule has 6 heteroatoms. The molecule has 1 heterocycles. The lowest BCUT2D eigenvalue weighted by Gasteiger charge is -2.14. The number of carbonyl (C=O) groups excluding carboxylic acids is 1. The van der Waals surface area contributed by atoms with Gasteiger partial charge < -0.3 is 20.7 Å². The van der Waals surface area contributed by atoms with Crippen LogP contribution in [0.3, 0.4) is 0 Å². The molecule has 20 heavy (non-hydrogen) atoms. The fourth-order valence-corrected chi connectivity index (χ4v) is 2.75. The minimum absolute atomic E-state index is 0.0193. The first-order valence-corrected chi connectivity index (χ1v) is 7.69. The highest BCUT2D eigenvalue weighted by molar-refractivity contribution is 7.19. The van der Waals surface area contributed by atoms with E-state index < -0.39 is 0 Å². The normalized spacial score (nSPS) is 11.2. The summed E-state index contributed by atoms with van der Waals surface area (Å²) in [5, 5.41) is 4.15.